The summed E-state index contributed by atoms with van der Waals surface area (Å²) in [5.74, 6) is -1.42. The highest BCUT2D eigenvalue weighted by molar-refractivity contribution is 5.89. The van der Waals surface area contributed by atoms with Gasteiger partial charge >= 0.3 is 6.03 Å². The van der Waals surface area contributed by atoms with Crippen molar-refractivity contribution in [1.29, 1.82) is 5.41 Å². The van der Waals surface area contributed by atoms with E-state index < -0.39 is 17.7 Å². The molecule has 1 rings (SSSR count). The Labute approximate surface area is 109 Å². The minimum Gasteiger partial charge on any atom is -0.388 e. The van der Waals surface area contributed by atoms with Gasteiger partial charge in [-0.25, -0.2) is 13.6 Å². The van der Waals surface area contributed by atoms with Crippen LogP contribution in [0.25, 0.3) is 0 Å². The second kappa shape index (κ2) is 7.30. The van der Waals surface area contributed by atoms with Crippen LogP contribution in [0.2, 0.25) is 0 Å². The van der Waals surface area contributed by atoms with Gasteiger partial charge in [0.2, 0.25) is 0 Å². The average Bonchev–Trinajstić information content (AvgIpc) is 2.32. The van der Waals surface area contributed by atoms with Crippen LogP contribution < -0.4 is 16.4 Å². The molecule has 0 saturated heterocycles. The molecule has 19 heavy (non-hydrogen) atoms. The lowest BCUT2D eigenvalue weighted by molar-refractivity contribution is 0.252. The Morgan fingerprint density at radius 2 is 2.05 bits per heavy atom. The van der Waals surface area contributed by atoms with Gasteiger partial charge in [-0.3, -0.25) is 5.41 Å². The first-order chi connectivity index (χ1) is 8.99. The maximum absolute atomic E-state index is 13.2. The lowest BCUT2D eigenvalue weighted by Crippen LogP contribution is -2.30. The molecule has 0 bridgehead atoms. The van der Waals surface area contributed by atoms with E-state index in [-0.39, 0.29) is 11.5 Å². The van der Waals surface area contributed by atoms with E-state index in [1.807, 2.05) is 0 Å². The van der Waals surface area contributed by atoms with Crippen LogP contribution >= 0.6 is 0 Å². The van der Waals surface area contributed by atoms with E-state index in [1.165, 1.54) is 0 Å². The van der Waals surface area contributed by atoms with Gasteiger partial charge < -0.3 is 16.4 Å². The fourth-order valence-corrected chi connectivity index (χ4v) is 1.40. The summed E-state index contributed by atoms with van der Waals surface area (Å²) in [6, 6.07) is 2.35. The second-order valence-corrected chi connectivity index (χ2v) is 3.99. The van der Waals surface area contributed by atoms with Crippen LogP contribution in [0.5, 0.6) is 0 Å². The molecule has 1 aromatic carbocycles. The molecule has 0 unspecified atom stereocenters. The molecule has 0 aromatic heterocycles. The Kier molecular flexibility index (Phi) is 5.72. The van der Waals surface area contributed by atoms with Crippen molar-refractivity contribution in [3.63, 3.8) is 0 Å². The molecular formula is C12H16F2N4O. The SMILES string of the molecule is N=C(N)CCCCNC(=O)Nc1ccc(F)cc1F. The number of amidine groups is 1. The molecule has 104 valence electrons. The van der Waals surface area contributed by atoms with Gasteiger partial charge in [-0.1, -0.05) is 0 Å². The molecule has 0 saturated carbocycles. The minimum atomic E-state index is -0.827. The van der Waals surface area contributed by atoms with Gasteiger partial charge in [-0.05, 0) is 25.0 Å². The maximum Gasteiger partial charge on any atom is 0.319 e. The zero-order chi connectivity index (χ0) is 14.3. The summed E-state index contributed by atoms with van der Waals surface area (Å²) in [5.41, 5.74) is 5.10. The molecule has 7 heteroatoms. The molecule has 1 aromatic rings. The zero-order valence-electron chi connectivity index (χ0n) is 10.3. The number of unbranched alkanes of at least 4 members (excludes halogenated alkanes) is 1. The number of urea groups is 1. The van der Waals surface area contributed by atoms with Crippen LogP contribution in [0.4, 0.5) is 19.3 Å². The molecular weight excluding hydrogens is 254 g/mol. The van der Waals surface area contributed by atoms with Gasteiger partial charge in [0.15, 0.2) is 0 Å². The predicted octanol–water partition coefficient (Wildman–Crippen LogP) is 2.19. The monoisotopic (exact) mass is 270 g/mol. The Balaban J connectivity index is 2.29. The first-order valence-electron chi connectivity index (χ1n) is 5.82. The van der Waals surface area contributed by atoms with Gasteiger partial charge in [-0.15, -0.1) is 0 Å². The van der Waals surface area contributed by atoms with Gasteiger partial charge in [0.1, 0.15) is 11.6 Å². The van der Waals surface area contributed by atoms with E-state index in [0.717, 1.165) is 12.1 Å². The molecule has 2 amide bonds. The Morgan fingerprint density at radius 1 is 1.32 bits per heavy atom. The van der Waals surface area contributed by atoms with Crippen molar-refractivity contribution < 1.29 is 13.6 Å². The summed E-state index contributed by atoms with van der Waals surface area (Å²) in [5, 5.41) is 11.8. The summed E-state index contributed by atoms with van der Waals surface area (Å²) in [6.45, 7) is 0.391. The number of hydrogen-bond acceptors (Lipinski definition) is 2. The first kappa shape index (κ1) is 14.9. The van der Waals surface area contributed by atoms with Crippen molar-refractivity contribution in [3.05, 3.63) is 29.8 Å². The van der Waals surface area contributed by atoms with Crippen molar-refractivity contribution in [2.45, 2.75) is 19.3 Å². The number of rotatable bonds is 6. The third-order valence-electron chi connectivity index (χ3n) is 2.34. The molecule has 5 nitrogen and oxygen atoms in total. The van der Waals surface area contributed by atoms with E-state index in [2.05, 4.69) is 10.6 Å². The number of nitrogens with two attached hydrogens (primary N) is 1. The van der Waals surface area contributed by atoms with Crippen molar-refractivity contribution >= 4 is 17.6 Å². The predicted molar refractivity (Wildman–Crippen MR) is 69.1 cm³/mol. The van der Waals surface area contributed by atoms with Crippen LogP contribution in [0.1, 0.15) is 19.3 Å². The smallest absolute Gasteiger partial charge is 0.319 e. The summed E-state index contributed by atoms with van der Waals surface area (Å²) < 4.78 is 25.9. The van der Waals surface area contributed by atoms with Crippen molar-refractivity contribution in [2.75, 3.05) is 11.9 Å². The molecule has 0 aliphatic carbocycles. The topological polar surface area (TPSA) is 91.0 Å². The minimum absolute atomic E-state index is 0.0809. The highest BCUT2D eigenvalue weighted by atomic mass is 19.1. The normalized spacial score (nSPS) is 10.0. The van der Waals surface area contributed by atoms with Crippen LogP contribution in [-0.4, -0.2) is 18.4 Å². The number of anilines is 1. The lowest BCUT2D eigenvalue weighted by atomic mass is 10.2. The van der Waals surface area contributed by atoms with Crippen LogP contribution in [0, 0.1) is 17.0 Å². The lowest BCUT2D eigenvalue weighted by Gasteiger charge is -2.08. The molecule has 0 aliphatic heterocycles. The Hall–Kier alpha value is -2.18. The third kappa shape index (κ3) is 5.80. The molecule has 0 heterocycles. The van der Waals surface area contributed by atoms with Gasteiger partial charge in [0.25, 0.3) is 0 Å². The number of carbonyl (C=O) groups is 1. The largest absolute Gasteiger partial charge is 0.388 e. The first-order valence-corrected chi connectivity index (χ1v) is 5.82. The number of nitrogens with one attached hydrogen (secondary N) is 3. The second-order valence-electron chi connectivity index (χ2n) is 3.99. The highest BCUT2D eigenvalue weighted by Gasteiger charge is 2.07. The molecule has 0 atom stereocenters. The Morgan fingerprint density at radius 3 is 2.68 bits per heavy atom. The van der Waals surface area contributed by atoms with Crippen molar-refractivity contribution in [1.82, 2.24) is 5.32 Å². The standard InChI is InChI=1S/C12H16F2N4O/c13-8-4-5-10(9(14)7-8)18-12(19)17-6-2-1-3-11(15)16/h4-5,7H,1-3,6H2,(H3,15,16)(H2,17,18,19). The van der Waals surface area contributed by atoms with E-state index in [9.17, 15) is 13.6 Å². The average molecular weight is 270 g/mol. The van der Waals surface area contributed by atoms with Gasteiger partial charge in [0.05, 0.1) is 11.5 Å². The fourth-order valence-electron chi connectivity index (χ4n) is 1.40. The van der Waals surface area contributed by atoms with E-state index in [0.29, 0.717) is 31.9 Å². The van der Waals surface area contributed by atoms with Crippen LogP contribution in [0.3, 0.4) is 0 Å². The van der Waals surface area contributed by atoms with Gasteiger partial charge in [-0.2, -0.15) is 0 Å². The quantitative estimate of drug-likeness (QED) is 0.362. The van der Waals surface area contributed by atoms with Crippen molar-refractivity contribution in [2.24, 2.45) is 5.73 Å². The summed E-state index contributed by atoms with van der Waals surface area (Å²) in [4.78, 5) is 11.4. The molecule has 0 aliphatic rings. The van der Waals surface area contributed by atoms with E-state index in [4.69, 9.17) is 11.1 Å². The maximum atomic E-state index is 13.2. The fraction of sp³-hybridized carbons (Fsp3) is 0.333. The van der Waals surface area contributed by atoms with Gasteiger partial charge in [0, 0.05) is 19.0 Å². The number of benzene rings is 1. The Bertz CT molecular complexity index is 465. The zero-order valence-corrected chi connectivity index (χ0v) is 10.3. The number of carbonyl (C=O) groups excluding carboxylic acids is 1. The number of hydrogen-bond donors (Lipinski definition) is 4. The van der Waals surface area contributed by atoms with Crippen LogP contribution in [-0.2, 0) is 0 Å². The third-order valence-corrected chi connectivity index (χ3v) is 2.34. The summed E-state index contributed by atoms with van der Waals surface area (Å²) in [7, 11) is 0. The van der Waals surface area contributed by atoms with Crippen molar-refractivity contribution in [3.8, 4) is 0 Å². The molecule has 5 N–H and O–H groups in total. The molecule has 0 spiro atoms. The summed E-state index contributed by atoms with van der Waals surface area (Å²) in [6.07, 6.45) is 1.84. The highest BCUT2D eigenvalue weighted by Crippen LogP contribution is 2.14. The van der Waals surface area contributed by atoms with E-state index >= 15 is 0 Å². The molecule has 0 radical (unpaired) electrons. The number of halogens is 2. The summed E-state index contributed by atoms with van der Waals surface area (Å²) >= 11 is 0. The number of amides is 2. The van der Waals surface area contributed by atoms with E-state index in [1.54, 1.807) is 0 Å². The molecule has 0 fully saturated rings. The van der Waals surface area contributed by atoms with Crippen LogP contribution in [0.15, 0.2) is 18.2 Å².